The van der Waals surface area contributed by atoms with Gasteiger partial charge in [-0.15, -0.1) is 0 Å². The average molecular weight is 190 g/mol. The van der Waals surface area contributed by atoms with Crippen molar-refractivity contribution in [3.8, 4) is 0 Å². The predicted octanol–water partition coefficient (Wildman–Crippen LogP) is 1.62. The molecule has 0 spiro atoms. The van der Waals surface area contributed by atoms with E-state index in [4.69, 9.17) is 5.11 Å². The Balaban J connectivity index is 0. The van der Waals surface area contributed by atoms with Crippen LogP contribution in [0.5, 0.6) is 0 Å². The third-order valence-electron chi connectivity index (χ3n) is 1.39. The maximum atomic E-state index is 10.0. The highest BCUT2D eigenvalue weighted by molar-refractivity contribution is 5.64. The van der Waals surface area contributed by atoms with Crippen molar-refractivity contribution in [3.63, 3.8) is 0 Å². The molecule has 0 atom stereocenters. The van der Waals surface area contributed by atoms with E-state index in [9.17, 15) is 4.79 Å². The van der Waals surface area contributed by atoms with Crippen molar-refractivity contribution >= 4 is 6.09 Å². The Hall–Kier alpha value is -0.770. The van der Waals surface area contributed by atoms with Crippen molar-refractivity contribution in [1.29, 1.82) is 0 Å². The molecule has 0 bridgehead atoms. The van der Waals surface area contributed by atoms with E-state index in [1.165, 1.54) is 11.3 Å². The molecule has 0 saturated carbocycles. The van der Waals surface area contributed by atoms with Crippen LogP contribution in [0.15, 0.2) is 0 Å². The zero-order valence-electron chi connectivity index (χ0n) is 9.13. The summed E-state index contributed by atoms with van der Waals surface area (Å²) in [5.41, 5.74) is 0. The van der Waals surface area contributed by atoms with Crippen LogP contribution in [0.4, 0.5) is 4.79 Å². The second-order valence-electron chi connectivity index (χ2n) is 2.81. The maximum absolute atomic E-state index is 10.0. The first kappa shape index (κ1) is 14.7. The van der Waals surface area contributed by atoms with Gasteiger partial charge in [-0.05, 0) is 26.4 Å². The zero-order valence-corrected chi connectivity index (χ0v) is 9.13. The fraction of sp³-hybridized carbons (Fsp3) is 0.889. The van der Waals surface area contributed by atoms with Gasteiger partial charge in [0.15, 0.2) is 0 Å². The van der Waals surface area contributed by atoms with Crippen molar-refractivity contribution in [2.24, 2.45) is 0 Å². The first-order valence-electron chi connectivity index (χ1n) is 4.68. The third kappa shape index (κ3) is 14.1. The molecular formula is C9H22N2O2. The summed E-state index contributed by atoms with van der Waals surface area (Å²) in [6.45, 7) is 5.85. The number of rotatable bonds is 4. The van der Waals surface area contributed by atoms with Gasteiger partial charge in [-0.1, -0.05) is 13.8 Å². The molecule has 0 aromatic carbocycles. The van der Waals surface area contributed by atoms with Crippen molar-refractivity contribution < 1.29 is 9.90 Å². The summed E-state index contributed by atoms with van der Waals surface area (Å²) < 4.78 is 0. The average Bonchev–Trinajstić information content (AvgIpc) is 2.07. The number of amides is 1. The van der Waals surface area contributed by atoms with Crippen molar-refractivity contribution in [1.82, 2.24) is 10.2 Å². The van der Waals surface area contributed by atoms with Gasteiger partial charge < -0.3 is 15.3 Å². The molecule has 80 valence electrons. The highest BCUT2D eigenvalue weighted by atomic mass is 16.4. The topological polar surface area (TPSA) is 52.6 Å². The summed E-state index contributed by atoms with van der Waals surface area (Å²) in [5.74, 6) is 0. The van der Waals surface area contributed by atoms with Gasteiger partial charge in [0.05, 0.1) is 0 Å². The van der Waals surface area contributed by atoms with E-state index in [2.05, 4.69) is 12.2 Å². The summed E-state index contributed by atoms with van der Waals surface area (Å²) in [6.07, 6.45) is 1.26. The monoisotopic (exact) mass is 190 g/mol. The summed E-state index contributed by atoms with van der Waals surface area (Å²) in [4.78, 5) is 11.3. The van der Waals surface area contributed by atoms with Crippen molar-refractivity contribution in [2.75, 3.05) is 27.2 Å². The van der Waals surface area contributed by atoms with Gasteiger partial charge in [0, 0.05) is 13.6 Å². The van der Waals surface area contributed by atoms with E-state index < -0.39 is 6.09 Å². The summed E-state index contributed by atoms with van der Waals surface area (Å²) in [6, 6.07) is 0. The van der Waals surface area contributed by atoms with Crippen LogP contribution in [-0.4, -0.2) is 43.3 Å². The van der Waals surface area contributed by atoms with Crippen LogP contribution < -0.4 is 5.32 Å². The minimum absolute atomic E-state index is 0.620. The number of hydrogen-bond acceptors (Lipinski definition) is 2. The minimum Gasteiger partial charge on any atom is -0.465 e. The summed E-state index contributed by atoms with van der Waals surface area (Å²) >= 11 is 0. The van der Waals surface area contributed by atoms with Gasteiger partial charge >= 0.3 is 6.09 Å². The lowest BCUT2D eigenvalue weighted by Crippen LogP contribution is -2.24. The van der Waals surface area contributed by atoms with E-state index in [1.54, 1.807) is 7.05 Å². The molecule has 0 aliphatic carbocycles. The summed E-state index contributed by atoms with van der Waals surface area (Å²) in [5, 5.41) is 11.3. The van der Waals surface area contributed by atoms with E-state index in [0.717, 1.165) is 13.0 Å². The molecule has 0 unspecified atom stereocenters. The first-order valence-corrected chi connectivity index (χ1v) is 4.68. The number of nitrogens with zero attached hydrogens (tertiary/aromatic N) is 1. The van der Waals surface area contributed by atoms with Crippen LogP contribution in [0.1, 0.15) is 26.7 Å². The van der Waals surface area contributed by atoms with Crippen LogP contribution in [-0.2, 0) is 0 Å². The molecule has 13 heavy (non-hydrogen) atoms. The molecule has 0 fully saturated rings. The first-order chi connectivity index (χ1) is 6.09. The standard InChI is InChI=1S/C5H11NO2.C4H11N/c1-3-4-6(2)5(7)8;1-3-4-5-2/h3-4H2,1-2H3,(H,7,8);5H,3-4H2,1-2H3. The van der Waals surface area contributed by atoms with Crippen molar-refractivity contribution in [2.45, 2.75) is 26.7 Å². The molecular weight excluding hydrogens is 168 g/mol. The van der Waals surface area contributed by atoms with Gasteiger partial charge in [0.1, 0.15) is 0 Å². The largest absolute Gasteiger partial charge is 0.465 e. The number of hydrogen-bond donors (Lipinski definition) is 2. The third-order valence-corrected chi connectivity index (χ3v) is 1.39. The second-order valence-corrected chi connectivity index (χ2v) is 2.81. The Kier molecular flexibility index (Phi) is 12.7. The Labute approximate surface area is 80.9 Å². The highest BCUT2D eigenvalue weighted by Crippen LogP contribution is 1.84. The normalized spacial score (nSPS) is 8.62. The van der Waals surface area contributed by atoms with Gasteiger partial charge in [0.2, 0.25) is 0 Å². The fourth-order valence-electron chi connectivity index (χ4n) is 0.681. The Morgan fingerprint density at radius 1 is 1.38 bits per heavy atom. The van der Waals surface area contributed by atoms with Gasteiger partial charge in [0.25, 0.3) is 0 Å². The van der Waals surface area contributed by atoms with Crippen LogP contribution in [0.25, 0.3) is 0 Å². The molecule has 0 heterocycles. The zero-order chi connectivity index (χ0) is 10.7. The lowest BCUT2D eigenvalue weighted by Gasteiger charge is -2.09. The number of carbonyl (C=O) groups is 1. The molecule has 0 aliphatic rings. The van der Waals surface area contributed by atoms with Gasteiger partial charge in [-0.3, -0.25) is 0 Å². The lowest BCUT2D eigenvalue weighted by atomic mass is 10.5. The molecule has 4 nitrogen and oxygen atoms in total. The molecule has 0 rings (SSSR count). The SMILES string of the molecule is CCCN(C)C(=O)O.CCCNC. The molecule has 2 N–H and O–H groups in total. The van der Waals surface area contributed by atoms with Crippen molar-refractivity contribution in [3.05, 3.63) is 0 Å². The van der Waals surface area contributed by atoms with Crippen LogP contribution >= 0.6 is 0 Å². The van der Waals surface area contributed by atoms with E-state index >= 15 is 0 Å². The summed E-state index contributed by atoms with van der Waals surface area (Å²) in [7, 11) is 3.52. The van der Waals surface area contributed by atoms with E-state index in [1.807, 2.05) is 14.0 Å². The van der Waals surface area contributed by atoms with Gasteiger partial charge in [-0.2, -0.15) is 0 Å². The molecule has 1 amide bonds. The second kappa shape index (κ2) is 11.2. The molecule has 0 aliphatic heterocycles. The smallest absolute Gasteiger partial charge is 0.407 e. The minimum atomic E-state index is -0.855. The Bertz CT molecular complexity index is 116. The van der Waals surface area contributed by atoms with Crippen LogP contribution in [0.2, 0.25) is 0 Å². The van der Waals surface area contributed by atoms with E-state index in [-0.39, 0.29) is 0 Å². The Morgan fingerprint density at radius 2 is 1.92 bits per heavy atom. The molecule has 4 heteroatoms. The number of nitrogens with one attached hydrogen (secondary N) is 1. The quantitative estimate of drug-likeness (QED) is 0.708. The maximum Gasteiger partial charge on any atom is 0.407 e. The lowest BCUT2D eigenvalue weighted by molar-refractivity contribution is 0.156. The highest BCUT2D eigenvalue weighted by Gasteiger charge is 2.00. The number of carboxylic acid groups (broad SMARTS) is 1. The Morgan fingerprint density at radius 3 is 2.00 bits per heavy atom. The molecule has 0 aromatic heterocycles. The van der Waals surface area contributed by atoms with Crippen LogP contribution in [0.3, 0.4) is 0 Å². The van der Waals surface area contributed by atoms with E-state index in [0.29, 0.717) is 6.54 Å². The van der Waals surface area contributed by atoms with Crippen LogP contribution in [0, 0.1) is 0 Å². The predicted molar refractivity (Wildman–Crippen MR) is 55.2 cm³/mol. The molecule has 0 radical (unpaired) electrons. The van der Waals surface area contributed by atoms with Gasteiger partial charge in [-0.25, -0.2) is 4.79 Å². The molecule has 0 aromatic rings. The molecule has 0 saturated heterocycles. The fourth-order valence-corrected chi connectivity index (χ4v) is 0.681.